The van der Waals surface area contributed by atoms with Crippen molar-refractivity contribution in [3.8, 4) is 0 Å². The average molecular weight is 291 g/mol. The molecule has 21 heavy (non-hydrogen) atoms. The molecule has 9 nitrogen and oxygen atoms in total. The summed E-state index contributed by atoms with van der Waals surface area (Å²) in [6.07, 6.45) is 4.36. The molecule has 2 heterocycles. The Hall–Kier alpha value is -2.71. The van der Waals surface area contributed by atoms with Gasteiger partial charge in [-0.25, -0.2) is 4.98 Å². The van der Waals surface area contributed by atoms with E-state index in [9.17, 15) is 10.1 Å². The topological polar surface area (TPSA) is 111 Å². The standard InChI is InChI=1S/C12H17N7O2/c1-8-10(19(20)21)11(17-12(13-2)16-8)14-5-4-9-6-15-18(3)7-9/h6-7H,4-5H2,1-3H3,(H2,13,14,16,17). The first kappa shape index (κ1) is 14.7. The number of hydrogen-bond acceptors (Lipinski definition) is 7. The van der Waals surface area contributed by atoms with Crippen LogP contribution in [0.1, 0.15) is 11.3 Å². The molecule has 0 aliphatic heterocycles. The van der Waals surface area contributed by atoms with Crippen LogP contribution >= 0.6 is 0 Å². The molecule has 0 aromatic carbocycles. The van der Waals surface area contributed by atoms with E-state index in [1.165, 1.54) is 0 Å². The molecule has 2 aromatic rings. The first-order chi connectivity index (χ1) is 10.0. The zero-order valence-corrected chi connectivity index (χ0v) is 12.1. The number of nitrogens with one attached hydrogen (secondary N) is 2. The van der Waals surface area contributed by atoms with E-state index in [1.807, 2.05) is 13.2 Å². The third kappa shape index (κ3) is 3.44. The lowest BCUT2D eigenvalue weighted by Gasteiger charge is -2.08. The van der Waals surface area contributed by atoms with Gasteiger partial charge >= 0.3 is 5.69 Å². The fraction of sp³-hybridized carbons (Fsp3) is 0.417. The Morgan fingerprint density at radius 2 is 2.19 bits per heavy atom. The molecule has 112 valence electrons. The number of aromatic nitrogens is 4. The third-order valence-corrected chi connectivity index (χ3v) is 2.93. The second kappa shape index (κ2) is 6.16. The number of aryl methyl sites for hydroxylation is 2. The third-order valence-electron chi connectivity index (χ3n) is 2.93. The van der Waals surface area contributed by atoms with Crippen LogP contribution in [0.5, 0.6) is 0 Å². The molecule has 2 aromatic heterocycles. The van der Waals surface area contributed by atoms with Crippen molar-refractivity contribution in [2.75, 3.05) is 24.2 Å². The summed E-state index contributed by atoms with van der Waals surface area (Å²) in [6, 6.07) is 0. The van der Waals surface area contributed by atoms with Crippen molar-refractivity contribution >= 4 is 17.5 Å². The van der Waals surface area contributed by atoms with Gasteiger partial charge in [-0.1, -0.05) is 0 Å². The summed E-state index contributed by atoms with van der Waals surface area (Å²) >= 11 is 0. The maximum absolute atomic E-state index is 11.1. The van der Waals surface area contributed by atoms with Gasteiger partial charge in [0.2, 0.25) is 11.8 Å². The summed E-state index contributed by atoms with van der Waals surface area (Å²) in [6.45, 7) is 2.11. The van der Waals surface area contributed by atoms with E-state index in [1.54, 1.807) is 24.9 Å². The zero-order valence-electron chi connectivity index (χ0n) is 12.1. The molecule has 0 fully saturated rings. The molecule has 0 spiro atoms. The maximum Gasteiger partial charge on any atom is 0.332 e. The normalized spacial score (nSPS) is 10.4. The van der Waals surface area contributed by atoms with Crippen LogP contribution in [0, 0.1) is 17.0 Å². The summed E-state index contributed by atoms with van der Waals surface area (Å²) in [5, 5.41) is 21.0. The molecule has 2 rings (SSSR count). The SMILES string of the molecule is CNc1nc(C)c([N+](=O)[O-])c(NCCc2cnn(C)c2)n1. The second-order valence-electron chi connectivity index (χ2n) is 4.54. The lowest BCUT2D eigenvalue weighted by Crippen LogP contribution is -2.11. The van der Waals surface area contributed by atoms with Crippen LogP contribution in [-0.4, -0.2) is 38.3 Å². The van der Waals surface area contributed by atoms with Crippen molar-refractivity contribution in [2.45, 2.75) is 13.3 Å². The molecule has 0 atom stereocenters. The van der Waals surface area contributed by atoms with Gasteiger partial charge < -0.3 is 10.6 Å². The Bertz CT molecular complexity index is 653. The van der Waals surface area contributed by atoms with Crippen molar-refractivity contribution in [2.24, 2.45) is 7.05 Å². The van der Waals surface area contributed by atoms with Gasteiger partial charge in [-0.15, -0.1) is 0 Å². The Morgan fingerprint density at radius 1 is 1.43 bits per heavy atom. The average Bonchev–Trinajstić information content (AvgIpc) is 2.83. The molecule has 0 amide bonds. The minimum Gasteiger partial charge on any atom is -0.364 e. The molecule has 0 aliphatic carbocycles. The zero-order chi connectivity index (χ0) is 15.4. The number of anilines is 2. The van der Waals surface area contributed by atoms with Crippen LogP contribution in [0.4, 0.5) is 17.5 Å². The largest absolute Gasteiger partial charge is 0.364 e. The Labute approximate surface area is 121 Å². The predicted octanol–water partition coefficient (Wildman–Crippen LogP) is 1.12. The molecule has 0 unspecified atom stereocenters. The number of rotatable bonds is 6. The van der Waals surface area contributed by atoms with E-state index < -0.39 is 4.92 Å². The van der Waals surface area contributed by atoms with Crippen molar-refractivity contribution in [3.05, 3.63) is 33.8 Å². The Balaban J connectivity index is 2.14. The van der Waals surface area contributed by atoms with Gasteiger partial charge in [0.05, 0.1) is 11.1 Å². The van der Waals surface area contributed by atoms with Gasteiger partial charge in [0, 0.05) is 26.8 Å². The number of nitrogens with zero attached hydrogens (tertiary/aromatic N) is 5. The second-order valence-corrected chi connectivity index (χ2v) is 4.54. The number of nitro groups is 1. The van der Waals surface area contributed by atoms with Crippen molar-refractivity contribution in [1.82, 2.24) is 19.7 Å². The van der Waals surface area contributed by atoms with Crippen LogP contribution in [0.3, 0.4) is 0 Å². The molecule has 0 aliphatic rings. The van der Waals surface area contributed by atoms with Gasteiger partial charge in [0.1, 0.15) is 5.69 Å². The van der Waals surface area contributed by atoms with Crippen LogP contribution in [0.25, 0.3) is 0 Å². The Kier molecular flexibility index (Phi) is 4.31. The quantitative estimate of drug-likeness (QED) is 0.606. The highest BCUT2D eigenvalue weighted by atomic mass is 16.6. The van der Waals surface area contributed by atoms with E-state index >= 15 is 0 Å². The summed E-state index contributed by atoms with van der Waals surface area (Å²) in [5.74, 6) is 0.572. The predicted molar refractivity (Wildman–Crippen MR) is 78.4 cm³/mol. The minimum absolute atomic E-state index is 0.0970. The maximum atomic E-state index is 11.1. The van der Waals surface area contributed by atoms with Crippen LogP contribution in [0.2, 0.25) is 0 Å². The molecule has 9 heteroatoms. The summed E-state index contributed by atoms with van der Waals surface area (Å²) in [7, 11) is 3.51. The van der Waals surface area contributed by atoms with Gasteiger partial charge in [0.15, 0.2) is 0 Å². The first-order valence-corrected chi connectivity index (χ1v) is 6.43. The van der Waals surface area contributed by atoms with Gasteiger partial charge in [0.25, 0.3) is 0 Å². The van der Waals surface area contributed by atoms with Crippen molar-refractivity contribution in [1.29, 1.82) is 0 Å². The van der Waals surface area contributed by atoms with E-state index in [-0.39, 0.29) is 11.5 Å². The van der Waals surface area contributed by atoms with Gasteiger partial charge in [-0.05, 0) is 18.9 Å². The van der Waals surface area contributed by atoms with Gasteiger partial charge in [-0.3, -0.25) is 14.8 Å². The summed E-state index contributed by atoms with van der Waals surface area (Å²) in [5.41, 5.74) is 1.27. The molecule has 0 bridgehead atoms. The van der Waals surface area contributed by atoms with E-state index in [0.29, 0.717) is 24.6 Å². The fourth-order valence-electron chi connectivity index (χ4n) is 1.95. The highest BCUT2D eigenvalue weighted by Gasteiger charge is 2.21. The van der Waals surface area contributed by atoms with Crippen molar-refractivity contribution < 1.29 is 4.92 Å². The van der Waals surface area contributed by atoms with Crippen LogP contribution in [-0.2, 0) is 13.5 Å². The van der Waals surface area contributed by atoms with Gasteiger partial charge in [-0.2, -0.15) is 10.1 Å². The number of hydrogen-bond donors (Lipinski definition) is 2. The molecule has 2 N–H and O–H groups in total. The van der Waals surface area contributed by atoms with Crippen LogP contribution < -0.4 is 10.6 Å². The molecular formula is C12H17N7O2. The van der Waals surface area contributed by atoms with E-state index in [4.69, 9.17) is 0 Å². The highest BCUT2D eigenvalue weighted by Crippen LogP contribution is 2.26. The molecule has 0 radical (unpaired) electrons. The van der Waals surface area contributed by atoms with E-state index in [2.05, 4.69) is 25.7 Å². The fourth-order valence-corrected chi connectivity index (χ4v) is 1.95. The van der Waals surface area contributed by atoms with E-state index in [0.717, 1.165) is 5.56 Å². The smallest absolute Gasteiger partial charge is 0.332 e. The lowest BCUT2D eigenvalue weighted by atomic mass is 10.2. The first-order valence-electron chi connectivity index (χ1n) is 6.43. The summed E-state index contributed by atoms with van der Waals surface area (Å²) in [4.78, 5) is 18.8. The van der Waals surface area contributed by atoms with Crippen LogP contribution in [0.15, 0.2) is 12.4 Å². The molecule has 0 saturated carbocycles. The monoisotopic (exact) mass is 291 g/mol. The summed E-state index contributed by atoms with van der Waals surface area (Å²) < 4.78 is 1.71. The molecular weight excluding hydrogens is 274 g/mol. The lowest BCUT2D eigenvalue weighted by molar-refractivity contribution is -0.385. The molecule has 0 saturated heterocycles. The minimum atomic E-state index is -0.471. The Morgan fingerprint density at radius 3 is 2.76 bits per heavy atom. The highest BCUT2D eigenvalue weighted by molar-refractivity contribution is 5.60. The van der Waals surface area contributed by atoms with Crippen molar-refractivity contribution in [3.63, 3.8) is 0 Å².